The van der Waals surface area contributed by atoms with Crippen molar-refractivity contribution in [1.82, 2.24) is 5.43 Å². The van der Waals surface area contributed by atoms with Crippen LogP contribution in [0.3, 0.4) is 0 Å². The molecule has 0 aliphatic heterocycles. The van der Waals surface area contributed by atoms with E-state index in [1.54, 1.807) is 12.1 Å². The SMILES string of the molecule is C=C(C)CC(NN)c1ccc(OC(F)F)cc1. The van der Waals surface area contributed by atoms with E-state index >= 15 is 0 Å². The smallest absolute Gasteiger partial charge is 0.387 e. The highest BCUT2D eigenvalue weighted by Gasteiger charge is 2.10. The van der Waals surface area contributed by atoms with E-state index in [-0.39, 0.29) is 11.8 Å². The van der Waals surface area contributed by atoms with Gasteiger partial charge in [0, 0.05) is 6.04 Å². The summed E-state index contributed by atoms with van der Waals surface area (Å²) in [5, 5.41) is 0. The molecule has 0 saturated carbocycles. The summed E-state index contributed by atoms with van der Waals surface area (Å²) in [6.45, 7) is 2.90. The Labute approximate surface area is 99.2 Å². The van der Waals surface area contributed by atoms with Gasteiger partial charge in [0.25, 0.3) is 0 Å². The van der Waals surface area contributed by atoms with E-state index in [4.69, 9.17) is 5.84 Å². The number of alkyl halides is 2. The second kappa shape index (κ2) is 6.32. The Kier molecular flexibility index (Phi) is 5.06. The number of nitrogens with one attached hydrogen (secondary N) is 1. The van der Waals surface area contributed by atoms with Crippen molar-refractivity contribution in [3.8, 4) is 5.75 Å². The molecule has 1 aromatic carbocycles. The van der Waals surface area contributed by atoms with Crippen LogP contribution in [-0.2, 0) is 0 Å². The molecule has 0 spiro atoms. The van der Waals surface area contributed by atoms with Crippen molar-refractivity contribution >= 4 is 0 Å². The van der Waals surface area contributed by atoms with Crippen LogP contribution < -0.4 is 16.0 Å². The molecule has 3 nitrogen and oxygen atoms in total. The summed E-state index contributed by atoms with van der Waals surface area (Å²) in [4.78, 5) is 0. The van der Waals surface area contributed by atoms with Crippen molar-refractivity contribution in [3.05, 3.63) is 42.0 Å². The number of hydrogen-bond acceptors (Lipinski definition) is 3. The Hall–Kier alpha value is -1.46. The molecule has 0 amide bonds. The molecule has 5 heteroatoms. The van der Waals surface area contributed by atoms with Gasteiger partial charge in [-0.15, -0.1) is 6.58 Å². The van der Waals surface area contributed by atoms with Gasteiger partial charge in [-0.25, -0.2) is 0 Å². The molecular weight excluding hydrogens is 226 g/mol. The van der Waals surface area contributed by atoms with Crippen molar-refractivity contribution in [1.29, 1.82) is 0 Å². The molecule has 0 bridgehead atoms. The predicted octanol–water partition coefficient (Wildman–Crippen LogP) is 2.76. The van der Waals surface area contributed by atoms with Gasteiger partial charge in [-0.05, 0) is 31.0 Å². The minimum Gasteiger partial charge on any atom is -0.435 e. The van der Waals surface area contributed by atoms with Gasteiger partial charge < -0.3 is 4.74 Å². The molecule has 0 fully saturated rings. The molecule has 94 valence electrons. The van der Waals surface area contributed by atoms with Crippen LogP contribution in [0.1, 0.15) is 24.9 Å². The molecule has 0 heterocycles. The number of benzene rings is 1. The fourth-order valence-corrected chi connectivity index (χ4v) is 1.50. The molecule has 0 saturated heterocycles. The fourth-order valence-electron chi connectivity index (χ4n) is 1.50. The second-order valence-corrected chi connectivity index (χ2v) is 3.83. The normalized spacial score (nSPS) is 12.5. The van der Waals surface area contributed by atoms with Crippen molar-refractivity contribution in [2.24, 2.45) is 5.84 Å². The molecule has 3 N–H and O–H groups in total. The lowest BCUT2D eigenvalue weighted by molar-refractivity contribution is -0.0498. The number of nitrogens with two attached hydrogens (primary N) is 1. The van der Waals surface area contributed by atoms with Gasteiger partial charge in [-0.2, -0.15) is 8.78 Å². The standard InChI is InChI=1S/C12H16F2N2O/c1-8(2)7-11(16-15)9-3-5-10(6-4-9)17-12(13)14/h3-6,11-12,16H,1,7,15H2,2H3. The lowest BCUT2D eigenvalue weighted by Gasteiger charge is -2.16. The first-order chi connectivity index (χ1) is 8.02. The van der Waals surface area contributed by atoms with Gasteiger partial charge in [-0.3, -0.25) is 11.3 Å². The first-order valence-electron chi connectivity index (χ1n) is 5.18. The lowest BCUT2D eigenvalue weighted by Crippen LogP contribution is -2.28. The maximum atomic E-state index is 12.0. The van der Waals surface area contributed by atoms with Gasteiger partial charge in [-0.1, -0.05) is 17.7 Å². The van der Waals surface area contributed by atoms with E-state index in [0.29, 0.717) is 6.42 Å². The Morgan fingerprint density at radius 2 is 2.00 bits per heavy atom. The van der Waals surface area contributed by atoms with Crippen LogP contribution >= 0.6 is 0 Å². The van der Waals surface area contributed by atoms with E-state index in [1.807, 2.05) is 6.92 Å². The van der Waals surface area contributed by atoms with E-state index in [9.17, 15) is 8.78 Å². The van der Waals surface area contributed by atoms with Gasteiger partial charge in [0.15, 0.2) is 0 Å². The zero-order chi connectivity index (χ0) is 12.8. The van der Waals surface area contributed by atoms with Crippen molar-refractivity contribution in [3.63, 3.8) is 0 Å². The van der Waals surface area contributed by atoms with Crippen LogP contribution in [0.5, 0.6) is 5.75 Å². The van der Waals surface area contributed by atoms with E-state index in [2.05, 4.69) is 16.7 Å². The quantitative estimate of drug-likeness (QED) is 0.458. The van der Waals surface area contributed by atoms with Crippen molar-refractivity contribution in [2.45, 2.75) is 26.0 Å². The summed E-state index contributed by atoms with van der Waals surface area (Å²) in [7, 11) is 0. The summed E-state index contributed by atoms with van der Waals surface area (Å²) in [6, 6.07) is 6.30. The Bertz CT molecular complexity index is 365. The van der Waals surface area contributed by atoms with Crippen molar-refractivity contribution < 1.29 is 13.5 Å². The lowest BCUT2D eigenvalue weighted by atomic mass is 10.0. The highest BCUT2D eigenvalue weighted by molar-refractivity contribution is 5.29. The molecule has 0 aromatic heterocycles. The van der Waals surface area contributed by atoms with Crippen molar-refractivity contribution in [2.75, 3.05) is 0 Å². The molecule has 1 atom stereocenters. The van der Waals surface area contributed by atoms with Crippen LogP contribution in [0.25, 0.3) is 0 Å². The minimum atomic E-state index is -2.81. The topological polar surface area (TPSA) is 47.3 Å². The highest BCUT2D eigenvalue weighted by atomic mass is 19.3. The average Bonchev–Trinajstić information content (AvgIpc) is 2.26. The molecule has 17 heavy (non-hydrogen) atoms. The average molecular weight is 242 g/mol. The second-order valence-electron chi connectivity index (χ2n) is 3.83. The fraction of sp³-hybridized carbons (Fsp3) is 0.333. The third-order valence-corrected chi connectivity index (χ3v) is 2.26. The molecule has 0 aliphatic carbocycles. The zero-order valence-corrected chi connectivity index (χ0v) is 9.62. The monoisotopic (exact) mass is 242 g/mol. The number of hydrazine groups is 1. The predicted molar refractivity (Wildman–Crippen MR) is 62.6 cm³/mol. The van der Waals surface area contributed by atoms with E-state index in [1.165, 1.54) is 12.1 Å². The first-order valence-corrected chi connectivity index (χ1v) is 5.18. The van der Waals surface area contributed by atoms with Crippen LogP contribution in [0, 0.1) is 0 Å². The number of hydrogen-bond donors (Lipinski definition) is 2. The molecule has 0 radical (unpaired) electrons. The summed E-state index contributed by atoms with van der Waals surface area (Å²) < 4.78 is 28.2. The largest absolute Gasteiger partial charge is 0.435 e. The molecule has 1 unspecified atom stereocenters. The van der Waals surface area contributed by atoms with Gasteiger partial charge >= 0.3 is 6.61 Å². The molecule has 0 aliphatic rings. The van der Waals surface area contributed by atoms with Crippen LogP contribution in [-0.4, -0.2) is 6.61 Å². The Morgan fingerprint density at radius 1 is 1.41 bits per heavy atom. The van der Waals surface area contributed by atoms with E-state index in [0.717, 1.165) is 11.1 Å². The zero-order valence-electron chi connectivity index (χ0n) is 9.62. The van der Waals surface area contributed by atoms with Crippen LogP contribution in [0.15, 0.2) is 36.4 Å². The first kappa shape index (κ1) is 13.6. The summed E-state index contributed by atoms with van der Waals surface area (Å²) in [5.41, 5.74) is 4.55. The third kappa shape index (κ3) is 4.50. The summed E-state index contributed by atoms with van der Waals surface area (Å²) in [6.07, 6.45) is 0.686. The maximum absolute atomic E-state index is 12.0. The van der Waals surface area contributed by atoms with Gasteiger partial charge in [0.05, 0.1) is 0 Å². The Balaban J connectivity index is 2.74. The van der Waals surface area contributed by atoms with E-state index < -0.39 is 6.61 Å². The van der Waals surface area contributed by atoms with Crippen LogP contribution in [0.2, 0.25) is 0 Å². The molecule has 1 rings (SSSR count). The van der Waals surface area contributed by atoms with Gasteiger partial charge in [0.2, 0.25) is 0 Å². The molecule has 1 aromatic rings. The van der Waals surface area contributed by atoms with Gasteiger partial charge in [0.1, 0.15) is 5.75 Å². The van der Waals surface area contributed by atoms with Crippen LogP contribution in [0.4, 0.5) is 8.78 Å². The highest BCUT2D eigenvalue weighted by Crippen LogP contribution is 2.22. The maximum Gasteiger partial charge on any atom is 0.387 e. The summed E-state index contributed by atoms with van der Waals surface area (Å²) in [5.74, 6) is 5.56. The minimum absolute atomic E-state index is 0.0758. The molecular formula is C12H16F2N2O. The number of ether oxygens (including phenoxy) is 1. The Morgan fingerprint density at radius 3 is 2.41 bits per heavy atom. The third-order valence-electron chi connectivity index (χ3n) is 2.26. The number of halogens is 2. The summed E-state index contributed by atoms with van der Waals surface area (Å²) >= 11 is 0. The number of rotatable bonds is 6.